The van der Waals surface area contributed by atoms with Crippen molar-refractivity contribution in [1.82, 2.24) is 5.32 Å². The maximum atomic E-state index is 12.2. The van der Waals surface area contributed by atoms with Crippen LogP contribution in [0.2, 0.25) is 0 Å². The molecule has 0 aliphatic heterocycles. The summed E-state index contributed by atoms with van der Waals surface area (Å²) in [5, 5.41) is 3.38. The van der Waals surface area contributed by atoms with Gasteiger partial charge in [-0.25, -0.2) is 0 Å². The van der Waals surface area contributed by atoms with Gasteiger partial charge in [0.1, 0.15) is 0 Å². The first-order chi connectivity index (χ1) is 9.37. The minimum atomic E-state index is -4.10. The molecule has 1 unspecified atom stereocenters. The van der Waals surface area contributed by atoms with E-state index >= 15 is 0 Å². The predicted octanol–water partition coefficient (Wildman–Crippen LogP) is 4.14. The van der Waals surface area contributed by atoms with E-state index in [0.29, 0.717) is 6.04 Å². The average molecular weight is 288 g/mol. The molecule has 0 radical (unpaired) electrons. The molecule has 1 aromatic carbocycles. The maximum Gasteiger partial charge on any atom is 0.390 e. The molecule has 0 bridgehead atoms. The Hall–Kier alpha value is -1.23. The number of nitrogens with one attached hydrogen (secondary N) is 1. The van der Waals surface area contributed by atoms with Crippen LogP contribution < -0.4 is 10.2 Å². The Bertz CT molecular complexity index is 387. The highest BCUT2D eigenvalue weighted by Gasteiger charge is 2.27. The zero-order valence-corrected chi connectivity index (χ0v) is 12.3. The lowest BCUT2D eigenvalue weighted by atomic mass is 10.0. The van der Waals surface area contributed by atoms with Gasteiger partial charge in [-0.1, -0.05) is 26.0 Å². The molecule has 1 atom stereocenters. The van der Waals surface area contributed by atoms with Crippen molar-refractivity contribution in [2.24, 2.45) is 0 Å². The summed E-state index contributed by atoms with van der Waals surface area (Å²) in [5.74, 6) is 0. The average Bonchev–Trinajstić information content (AvgIpc) is 2.41. The van der Waals surface area contributed by atoms with Crippen LogP contribution in [-0.2, 0) is 0 Å². The molecule has 0 saturated carbocycles. The van der Waals surface area contributed by atoms with Crippen LogP contribution in [0, 0.1) is 0 Å². The highest BCUT2D eigenvalue weighted by Crippen LogP contribution is 2.23. The lowest BCUT2D eigenvalue weighted by Crippen LogP contribution is -2.24. The van der Waals surface area contributed by atoms with Gasteiger partial charge in [-0.2, -0.15) is 13.2 Å². The van der Waals surface area contributed by atoms with Gasteiger partial charge in [0.25, 0.3) is 0 Å². The van der Waals surface area contributed by atoms with Crippen molar-refractivity contribution in [3.8, 4) is 0 Å². The van der Waals surface area contributed by atoms with Crippen molar-refractivity contribution >= 4 is 5.69 Å². The largest absolute Gasteiger partial charge is 0.390 e. The fourth-order valence-electron chi connectivity index (χ4n) is 2.13. The van der Waals surface area contributed by atoms with Crippen LogP contribution in [0.25, 0.3) is 0 Å². The van der Waals surface area contributed by atoms with Crippen LogP contribution in [0.15, 0.2) is 24.3 Å². The quantitative estimate of drug-likeness (QED) is 0.811. The van der Waals surface area contributed by atoms with Crippen molar-refractivity contribution in [3.05, 3.63) is 29.8 Å². The highest BCUT2D eigenvalue weighted by atomic mass is 19.4. The molecule has 114 valence electrons. The number of hydrogen-bond donors (Lipinski definition) is 1. The summed E-state index contributed by atoms with van der Waals surface area (Å²) >= 11 is 0. The van der Waals surface area contributed by atoms with Crippen LogP contribution in [0.5, 0.6) is 0 Å². The predicted molar refractivity (Wildman–Crippen MR) is 77.1 cm³/mol. The molecule has 1 rings (SSSR count). The molecule has 0 spiro atoms. The van der Waals surface area contributed by atoms with E-state index in [1.807, 2.05) is 24.3 Å². The van der Waals surface area contributed by atoms with E-state index < -0.39 is 12.6 Å². The molecule has 0 aliphatic carbocycles. The van der Waals surface area contributed by atoms with Crippen molar-refractivity contribution in [1.29, 1.82) is 0 Å². The molecule has 0 fully saturated rings. The molecule has 0 aromatic heterocycles. The Morgan fingerprint density at radius 2 is 1.75 bits per heavy atom. The fraction of sp³-hybridized carbons (Fsp3) is 0.600. The van der Waals surface area contributed by atoms with Gasteiger partial charge in [-0.3, -0.25) is 0 Å². The zero-order valence-electron chi connectivity index (χ0n) is 12.3. The summed E-state index contributed by atoms with van der Waals surface area (Å²) in [5.41, 5.74) is 1.98. The highest BCUT2D eigenvalue weighted by molar-refractivity contribution is 5.47. The van der Waals surface area contributed by atoms with E-state index in [4.69, 9.17) is 0 Å². The SMILES string of the molecule is CCNC(CC)c1ccc(N(C)CCC(F)(F)F)cc1. The van der Waals surface area contributed by atoms with Gasteiger partial charge in [0.15, 0.2) is 0 Å². The van der Waals surface area contributed by atoms with Crippen LogP contribution in [0.1, 0.15) is 38.3 Å². The van der Waals surface area contributed by atoms with E-state index in [1.54, 1.807) is 11.9 Å². The summed E-state index contributed by atoms with van der Waals surface area (Å²) in [6.45, 7) is 5.04. The van der Waals surface area contributed by atoms with Gasteiger partial charge in [-0.15, -0.1) is 0 Å². The van der Waals surface area contributed by atoms with Crippen molar-refractivity contribution in [2.45, 2.75) is 38.9 Å². The molecule has 2 nitrogen and oxygen atoms in total. The number of hydrogen-bond acceptors (Lipinski definition) is 2. The van der Waals surface area contributed by atoms with Gasteiger partial charge in [0.05, 0.1) is 6.42 Å². The second kappa shape index (κ2) is 7.53. The third kappa shape index (κ3) is 5.41. The molecule has 0 amide bonds. The number of benzene rings is 1. The molecule has 1 N–H and O–H groups in total. The Morgan fingerprint density at radius 3 is 2.20 bits per heavy atom. The van der Waals surface area contributed by atoms with Crippen molar-refractivity contribution in [2.75, 3.05) is 25.0 Å². The first-order valence-electron chi connectivity index (χ1n) is 6.98. The van der Waals surface area contributed by atoms with Crippen LogP contribution in [0.4, 0.5) is 18.9 Å². The third-order valence-corrected chi connectivity index (χ3v) is 3.33. The van der Waals surface area contributed by atoms with Gasteiger partial charge < -0.3 is 10.2 Å². The van der Waals surface area contributed by atoms with E-state index in [2.05, 4.69) is 19.2 Å². The first kappa shape index (κ1) is 16.8. The van der Waals surface area contributed by atoms with E-state index in [0.717, 1.165) is 18.7 Å². The topological polar surface area (TPSA) is 15.3 Å². The maximum absolute atomic E-state index is 12.2. The minimum Gasteiger partial charge on any atom is -0.374 e. The van der Waals surface area contributed by atoms with E-state index in [1.165, 1.54) is 5.56 Å². The molecule has 5 heteroatoms. The van der Waals surface area contributed by atoms with Gasteiger partial charge >= 0.3 is 6.18 Å². The Labute approximate surface area is 119 Å². The molecule has 0 heterocycles. The number of anilines is 1. The summed E-state index contributed by atoms with van der Waals surface area (Å²) in [6, 6.07) is 8.03. The molecule has 20 heavy (non-hydrogen) atoms. The normalized spacial score (nSPS) is 13.3. The van der Waals surface area contributed by atoms with Crippen molar-refractivity contribution in [3.63, 3.8) is 0 Å². The minimum absolute atomic E-state index is 0.0206. The summed E-state index contributed by atoms with van der Waals surface area (Å²) in [7, 11) is 1.68. The zero-order chi connectivity index (χ0) is 15.2. The summed E-state index contributed by atoms with van der Waals surface area (Å²) in [4.78, 5) is 1.63. The third-order valence-electron chi connectivity index (χ3n) is 3.33. The standard InChI is InChI=1S/C15H23F3N2/c1-4-14(19-5-2)12-6-8-13(9-7-12)20(3)11-10-15(16,17)18/h6-9,14,19H,4-5,10-11H2,1-3H3. The number of rotatable bonds is 7. The Balaban J connectivity index is 2.65. The lowest BCUT2D eigenvalue weighted by molar-refractivity contribution is -0.132. The van der Waals surface area contributed by atoms with Gasteiger partial charge in [-0.05, 0) is 30.7 Å². The Kier molecular flexibility index (Phi) is 6.33. The first-order valence-corrected chi connectivity index (χ1v) is 6.98. The lowest BCUT2D eigenvalue weighted by Gasteiger charge is -2.22. The van der Waals surface area contributed by atoms with Crippen LogP contribution in [-0.4, -0.2) is 26.3 Å². The molecular weight excluding hydrogens is 265 g/mol. The molecule has 0 aliphatic rings. The van der Waals surface area contributed by atoms with E-state index in [9.17, 15) is 13.2 Å². The van der Waals surface area contributed by atoms with Crippen LogP contribution in [0.3, 0.4) is 0 Å². The molecular formula is C15H23F3N2. The van der Waals surface area contributed by atoms with Crippen LogP contribution >= 0.6 is 0 Å². The summed E-state index contributed by atoms with van der Waals surface area (Å²) in [6.07, 6.45) is -3.91. The Morgan fingerprint density at radius 1 is 1.15 bits per heavy atom. The number of halogens is 3. The van der Waals surface area contributed by atoms with Gasteiger partial charge in [0.2, 0.25) is 0 Å². The van der Waals surface area contributed by atoms with Gasteiger partial charge in [0, 0.05) is 25.3 Å². The fourth-order valence-corrected chi connectivity index (χ4v) is 2.13. The number of nitrogens with zero attached hydrogens (tertiary/aromatic N) is 1. The van der Waals surface area contributed by atoms with Crippen molar-refractivity contribution < 1.29 is 13.2 Å². The molecule has 0 saturated heterocycles. The number of alkyl halides is 3. The smallest absolute Gasteiger partial charge is 0.374 e. The second-order valence-electron chi connectivity index (χ2n) is 4.90. The molecule has 1 aromatic rings. The second-order valence-corrected chi connectivity index (χ2v) is 4.90. The summed E-state index contributed by atoms with van der Waals surface area (Å²) < 4.78 is 36.6. The monoisotopic (exact) mass is 288 g/mol. The van der Waals surface area contributed by atoms with E-state index in [-0.39, 0.29) is 6.54 Å².